The maximum atomic E-state index is 12.5. The lowest BCUT2D eigenvalue weighted by molar-refractivity contribution is -0.142. The van der Waals surface area contributed by atoms with Crippen molar-refractivity contribution in [2.45, 2.75) is 19.3 Å². The molecule has 2 fully saturated rings. The molecule has 1 saturated carbocycles. The fourth-order valence-corrected chi connectivity index (χ4v) is 3.32. The molecule has 3 rings (SSSR count). The number of benzene rings is 1. The zero-order chi connectivity index (χ0) is 18.0. The normalized spacial score (nSPS) is 23.0. The second-order valence-electron chi connectivity index (χ2n) is 6.58. The van der Waals surface area contributed by atoms with Gasteiger partial charge in [-0.3, -0.25) is 14.4 Å². The monoisotopic (exact) mass is 346 g/mol. The summed E-state index contributed by atoms with van der Waals surface area (Å²) in [6.45, 7) is 0.983. The number of methoxy groups -OCH3 is 1. The number of nitrogens with one attached hydrogen (secondary N) is 1. The van der Waals surface area contributed by atoms with E-state index < -0.39 is 11.9 Å². The number of para-hydroxylation sites is 2. The van der Waals surface area contributed by atoms with Crippen molar-refractivity contribution < 1.29 is 24.2 Å². The number of likely N-dealkylation sites (tertiary alicyclic amines) is 1. The Bertz CT molecular complexity index is 682. The van der Waals surface area contributed by atoms with E-state index in [4.69, 9.17) is 9.84 Å². The van der Waals surface area contributed by atoms with Crippen molar-refractivity contribution in [3.63, 3.8) is 0 Å². The van der Waals surface area contributed by atoms with Crippen molar-refractivity contribution >= 4 is 23.5 Å². The minimum Gasteiger partial charge on any atom is -0.495 e. The van der Waals surface area contributed by atoms with Gasteiger partial charge in [0.25, 0.3) is 0 Å². The molecule has 0 bridgehead atoms. The number of piperidine rings is 1. The van der Waals surface area contributed by atoms with Crippen LogP contribution >= 0.6 is 0 Å². The van der Waals surface area contributed by atoms with Gasteiger partial charge in [-0.05, 0) is 31.4 Å². The third-order valence-corrected chi connectivity index (χ3v) is 4.97. The second kappa shape index (κ2) is 7.13. The molecule has 2 amide bonds. The summed E-state index contributed by atoms with van der Waals surface area (Å²) < 4.78 is 5.23. The van der Waals surface area contributed by atoms with Crippen molar-refractivity contribution in [3.8, 4) is 5.75 Å². The standard InChI is InChI=1S/C18H22N2O5/c1-25-15-5-3-2-4-14(15)19-16(21)11-6-8-20(9-7-11)17(22)12-10-13(12)18(23)24/h2-5,11-13H,6-10H2,1H3,(H,19,21)(H,23,24)/t12-,13+/m0/s1. The van der Waals surface area contributed by atoms with Gasteiger partial charge in [-0.1, -0.05) is 12.1 Å². The van der Waals surface area contributed by atoms with Crippen LogP contribution in [0, 0.1) is 17.8 Å². The molecule has 1 aromatic rings. The van der Waals surface area contributed by atoms with Crippen LogP contribution in [-0.2, 0) is 14.4 Å². The molecule has 7 heteroatoms. The lowest BCUT2D eigenvalue weighted by Crippen LogP contribution is -2.42. The van der Waals surface area contributed by atoms with E-state index in [9.17, 15) is 14.4 Å². The van der Waals surface area contributed by atoms with Crippen LogP contribution in [0.5, 0.6) is 5.75 Å². The first kappa shape index (κ1) is 17.3. The Balaban J connectivity index is 1.51. The Morgan fingerprint density at radius 1 is 1.16 bits per heavy atom. The summed E-state index contributed by atoms with van der Waals surface area (Å²) >= 11 is 0. The molecule has 2 aliphatic rings. The molecular formula is C18H22N2O5. The smallest absolute Gasteiger partial charge is 0.307 e. The molecule has 2 atom stereocenters. The van der Waals surface area contributed by atoms with E-state index in [0.717, 1.165) is 0 Å². The Morgan fingerprint density at radius 3 is 2.44 bits per heavy atom. The average Bonchev–Trinajstić information content (AvgIpc) is 3.43. The fourth-order valence-electron chi connectivity index (χ4n) is 3.32. The number of anilines is 1. The lowest BCUT2D eigenvalue weighted by atomic mass is 9.95. The predicted molar refractivity (Wildman–Crippen MR) is 90.2 cm³/mol. The van der Waals surface area contributed by atoms with Crippen molar-refractivity contribution in [1.29, 1.82) is 0 Å². The highest BCUT2D eigenvalue weighted by atomic mass is 16.5. The summed E-state index contributed by atoms with van der Waals surface area (Å²) in [5.74, 6) is -1.53. The third kappa shape index (κ3) is 3.75. The van der Waals surface area contributed by atoms with Gasteiger partial charge >= 0.3 is 5.97 Å². The summed E-state index contributed by atoms with van der Waals surface area (Å²) in [6, 6.07) is 7.23. The quantitative estimate of drug-likeness (QED) is 0.844. The van der Waals surface area contributed by atoms with Gasteiger partial charge in [0.05, 0.1) is 24.6 Å². The number of hydrogen-bond donors (Lipinski definition) is 2. The van der Waals surface area contributed by atoms with Gasteiger partial charge in [0.1, 0.15) is 5.75 Å². The van der Waals surface area contributed by atoms with E-state index in [2.05, 4.69) is 5.32 Å². The number of nitrogens with zero attached hydrogens (tertiary/aromatic N) is 1. The van der Waals surface area contributed by atoms with Gasteiger partial charge in [-0.25, -0.2) is 0 Å². The van der Waals surface area contributed by atoms with Crippen LogP contribution in [0.15, 0.2) is 24.3 Å². The lowest BCUT2D eigenvalue weighted by Gasteiger charge is -2.31. The molecule has 0 radical (unpaired) electrons. The van der Waals surface area contributed by atoms with Gasteiger partial charge in [-0.2, -0.15) is 0 Å². The zero-order valence-corrected chi connectivity index (χ0v) is 14.1. The highest BCUT2D eigenvalue weighted by Gasteiger charge is 2.50. The van der Waals surface area contributed by atoms with Crippen LogP contribution in [0.25, 0.3) is 0 Å². The fraction of sp³-hybridized carbons (Fsp3) is 0.500. The van der Waals surface area contributed by atoms with Gasteiger partial charge in [0.2, 0.25) is 11.8 Å². The van der Waals surface area contributed by atoms with E-state index in [-0.39, 0.29) is 23.7 Å². The molecule has 1 heterocycles. The molecule has 1 aromatic carbocycles. The van der Waals surface area contributed by atoms with E-state index >= 15 is 0 Å². The van der Waals surface area contributed by atoms with E-state index in [1.54, 1.807) is 24.1 Å². The molecule has 7 nitrogen and oxygen atoms in total. The summed E-state index contributed by atoms with van der Waals surface area (Å²) in [7, 11) is 1.55. The maximum Gasteiger partial charge on any atom is 0.307 e. The summed E-state index contributed by atoms with van der Waals surface area (Å²) in [4.78, 5) is 37.3. The van der Waals surface area contributed by atoms with Crippen molar-refractivity contribution in [1.82, 2.24) is 4.90 Å². The SMILES string of the molecule is COc1ccccc1NC(=O)C1CCN(C(=O)[C@H]2C[C@H]2C(=O)O)CC1. The van der Waals surface area contributed by atoms with Gasteiger partial charge in [-0.15, -0.1) is 0 Å². The number of carbonyl (C=O) groups excluding carboxylic acids is 2. The van der Waals surface area contributed by atoms with Crippen LogP contribution in [0.4, 0.5) is 5.69 Å². The molecule has 0 aromatic heterocycles. The number of carbonyl (C=O) groups is 3. The van der Waals surface area contributed by atoms with Crippen molar-refractivity contribution in [2.75, 3.05) is 25.5 Å². The summed E-state index contributed by atoms with van der Waals surface area (Å²) in [6.07, 6.45) is 1.59. The Labute approximate surface area is 146 Å². The van der Waals surface area contributed by atoms with Crippen LogP contribution < -0.4 is 10.1 Å². The highest BCUT2D eigenvalue weighted by Crippen LogP contribution is 2.40. The minimum atomic E-state index is -0.899. The summed E-state index contributed by atoms with van der Waals surface area (Å²) in [5.41, 5.74) is 0.635. The number of rotatable bonds is 5. The van der Waals surface area contributed by atoms with Crippen LogP contribution in [0.2, 0.25) is 0 Å². The van der Waals surface area contributed by atoms with Gasteiger partial charge in [0, 0.05) is 19.0 Å². The molecular weight excluding hydrogens is 324 g/mol. The highest BCUT2D eigenvalue weighted by molar-refractivity contribution is 5.94. The van der Waals surface area contributed by atoms with Crippen LogP contribution in [-0.4, -0.2) is 48.0 Å². The largest absolute Gasteiger partial charge is 0.495 e. The first-order valence-corrected chi connectivity index (χ1v) is 8.46. The Hall–Kier alpha value is -2.57. The first-order chi connectivity index (χ1) is 12.0. The molecule has 1 aliphatic carbocycles. The third-order valence-electron chi connectivity index (χ3n) is 4.97. The molecule has 0 spiro atoms. The Kier molecular flexibility index (Phi) is 4.92. The molecule has 1 aliphatic heterocycles. The van der Waals surface area contributed by atoms with Crippen molar-refractivity contribution in [3.05, 3.63) is 24.3 Å². The number of amides is 2. The Morgan fingerprint density at radius 2 is 1.84 bits per heavy atom. The van der Waals surface area contributed by atoms with Crippen LogP contribution in [0.3, 0.4) is 0 Å². The predicted octanol–water partition coefficient (Wildman–Crippen LogP) is 1.59. The van der Waals surface area contributed by atoms with Gasteiger partial charge < -0.3 is 20.1 Å². The number of hydrogen-bond acceptors (Lipinski definition) is 4. The molecule has 2 N–H and O–H groups in total. The number of aliphatic carboxylic acids is 1. The molecule has 0 unspecified atom stereocenters. The van der Waals surface area contributed by atoms with Crippen LogP contribution in [0.1, 0.15) is 19.3 Å². The number of carboxylic acids is 1. The average molecular weight is 346 g/mol. The molecule has 134 valence electrons. The van der Waals surface area contributed by atoms with Crippen molar-refractivity contribution in [2.24, 2.45) is 17.8 Å². The second-order valence-corrected chi connectivity index (χ2v) is 6.58. The van der Waals surface area contributed by atoms with E-state index in [0.29, 0.717) is 43.8 Å². The number of carboxylic acid groups (broad SMARTS) is 1. The maximum absolute atomic E-state index is 12.5. The molecule has 25 heavy (non-hydrogen) atoms. The van der Waals surface area contributed by atoms with E-state index in [1.807, 2.05) is 12.1 Å². The molecule has 1 saturated heterocycles. The topological polar surface area (TPSA) is 95.9 Å². The zero-order valence-electron chi connectivity index (χ0n) is 14.1. The summed E-state index contributed by atoms with van der Waals surface area (Å²) in [5, 5.41) is 11.8. The van der Waals surface area contributed by atoms with E-state index in [1.165, 1.54) is 0 Å². The first-order valence-electron chi connectivity index (χ1n) is 8.46. The minimum absolute atomic E-state index is 0.0774. The van der Waals surface area contributed by atoms with Gasteiger partial charge in [0.15, 0.2) is 0 Å². The number of ether oxygens (including phenoxy) is 1.